The van der Waals surface area contributed by atoms with Crippen molar-refractivity contribution in [2.75, 3.05) is 20.2 Å². The number of amides is 1. The van der Waals surface area contributed by atoms with Crippen molar-refractivity contribution in [1.29, 1.82) is 0 Å². The van der Waals surface area contributed by atoms with Crippen molar-refractivity contribution in [2.45, 2.75) is 37.1 Å². The minimum Gasteiger partial charge on any atom is -0.495 e. The van der Waals surface area contributed by atoms with Gasteiger partial charge in [-0.05, 0) is 49.2 Å². The molecule has 0 bridgehead atoms. The van der Waals surface area contributed by atoms with Crippen LogP contribution in [0.2, 0.25) is 0 Å². The zero-order valence-corrected chi connectivity index (χ0v) is 20.0. The lowest BCUT2D eigenvalue weighted by Gasteiger charge is -2.19. The van der Waals surface area contributed by atoms with Crippen molar-refractivity contribution in [2.24, 2.45) is 4.99 Å². The Balaban J connectivity index is 1.66. The molecular weight excluding hydrogens is 458 g/mol. The quantitative estimate of drug-likeness (QED) is 0.519. The minimum absolute atomic E-state index is 0.190. The number of sulfonamides is 1. The Morgan fingerprint density at radius 3 is 2.45 bits per heavy atom. The summed E-state index contributed by atoms with van der Waals surface area (Å²) in [6.45, 7) is 1.30. The molecule has 0 atom stereocenters. The van der Waals surface area contributed by atoms with Gasteiger partial charge in [-0.25, -0.2) is 8.42 Å². The molecule has 7 nitrogen and oxygen atoms in total. The molecule has 1 fully saturated rings. The standard InChI is InChI=1S/C24H25N3O4S2/c1-3-15-27-22-20(31-2)9-8-10-21(22)32-24(27)25-23(28)18-11-13-19(14-12-18)33(29,30)26-16-6-4-5-7-17-26/h1,8-14H,4-7,15-17H2,2H3. The summed E-state index contributed by atoms with van der Waals surface area (Å²) in [6.07, 6.45) is 9.37. The third kappa shape index (κ3) is 4.74. The smallest absolute Gasteiger partial charge is 0.279 e. The van der Waals surface area contributed by atoms with Crippen molar-refractivity contribution in [3.8, 4) is 18.1 Å². The number of aromatic nitrogens is 1. The van der Waals surface area contributed by atoms with E-state index in [0.29, 0.717) is 29.2 Å². The first kappa shape index (κ1) is 23.2. The molecule has 0 unspecified atom stereocenters. The zero-order chi connectivity index (χ0) is 23.4. The van der Waals surface area contributed by atoms with E-state index >= 15 is 0 Å². The molecular formula is C24H25N3O4S2. The molecule has 9 heteroatoms. The molecule has 1 aliphatic heterocycles. The van der Waals surface area contributed by atoms with Crippen LogP contribution in [0.3, 0.4) is 0 Å². The van der Waals surface area contributed by atoms with Gasteiger partial charge in [-0.3, -0.25) is 4.79 Å². The zero-order valence-electron chi connectivity index (χ0n) is 18.4. The Kier molecular flexibility index (Phi) is 6.98. The highest BCUT2D eigenvalue weighted by atomic mass is 32.2. The van der Waals surface area contributed by atoms with Crippen molar-refractivity contribution in [1.82, 2.24) is 8.87 Å². The fourth-order valence-electron chi connectivity index (χ4n) is 3.94. The number of thiazole rings is 1. The third-order valence-electron chi connectivity index (χ3n) is 5.63. The van der Waals surface area contributed by atoms with Crippen LogP contribution in [0.25, 0.3) is 10.2 Å². The number of hydrogen-bond donors (Lipinski definition) is 0. The molecule has 0 saturated carbocycles. The van der Waals surface area contributed by atoms with Gasteiger partial charge in [0.2, 0.25) is 10.0 Å². The number of hydrogen-bond acceptors (Lipinski definition) is 5. The second-order valence-electron chi connectivity index (χ2n) is 7.74. The second kappa shape index (κ2) is 9.91. The summed E-state index contributed by atoms with van der Waals surface area (Å²) in [7, 11) is -1.99. The van der Waals surface area contributed by atoms with Crippen LogP contribution < -0.4 is 9.54 Å². The molecule has 2 aromatic carbocycles. The van der Waals surface area contributed by atoms with E-state index in [0.717, 1.165) is 35.9 Å². The first-order valence-corrected chi connectivity index (χ1v) is 13.0. The lowest BCUT2D eigenvalue weighted by molar-refractivity contribution is 0.0997. The molecule has 172 valence electrons. The maximum Gasteiger partial charge on any atom is 0.279 e. The van der Waals surface area contributed by atoms with Gasteiger partial charge >= 0.3 is 0 Å². The number of terminal acetylenes is 1. The number of fused-ring (bicyclic) bond motifs is 1. The van der Waals surface area contributed by atoms with Crippen LogP contribution in [0.1, 0.15) is 36.0 Å². The molecule has 4 rings (SSSR count). The lowest BCUT2D eigenvalue weighted by Crippen LogP contribution is -2.31. The molecule has 33 heavy (non-hydrogen) atoms. The highest BCUT2D eigenvalue weighted by Gasteiger charge is 2.25. The number of para-hydroxylation sites is 1. The molecule has 1 amide bonds. The van der Waals surface area contributed by atoms with E-state index in [1.807, 2.05) is 18.2 Å². The topological polar surface area (TPSA) is 81.0 Å². The highest BCUT2D eigenvalue weighted by molar-refractivity contribution is 7.89. The normalized spacial score (nSPS) is 15.8. The molecule has 1 saturated heterocycles. The van der Waals surface area contributed by atoms with Crippen molar-refractivity contribution in [3.05, 3.63) is 52.8 Å². The van der Waals surface area contributed by atoms with E-state index in [2.05, 4.69) is 10.9 Å². The van der Waals surface area contributed by atoms with Gasteiger partial charge in [-0.15, -0.1) is 6.42 Å². The average Bonchev–Trinajstić information content (AvgIpc) is 2.99. The van der Waals surface area contributed by atoms with Crippen LogP contribution in [-0.4, -0.2) is 43.4 Å². The fraction of sp³-hybridized carbons (Fsp3) is 0.333. The summed E-state index contributed by atoms with van der Waals surface area (Å²) in [6, 6.07) is 11.6. The van der Waals surface area contributed by atoms with Crippen LogP contribution in [-0.2, 0) is 16.6 Å². The third-order valence-corrected chi connectivity index (χ3v) is 8.59. The van der Waals surface area contributed by atoms with E-state index in [1.165, 1.54) is 39.9 Å². The first-order valence-electron chi connectivity index (χ1n) is 10.7. The summed E-state index contributed by atoms with van der Waals surface area (Å²) in [4.78, 5) is 17.8. The average molecular weight is 484 g/mol. The molecule has 0 radical (unpaired) electrons. The Morgan fingerprint density at radius 2 is 1.82 bits per heavy atom. The molecule has 1 aromatic heterocycles. The van der Waals surface area contributed by atoms with Crippen molar-refractivity contribution in [3.63, 3.8) is 0 Å². The van der Waals surface area contributed by atoms with Crippen LogP contribution in [0.4, 0.5) is 0 Å². The van der Waals surface area contributed by atoms with E-state index in [1.54, 1.807) is 11.7 Å². The summed E-state index contributed by atoms with van der Waals surface area (Å²) in [5, 5.41) is 0. The number of nitrogens with zero attached hydrogens (tertiary/aromatic N) is 3. The maximum atomic E-state index is 13.0. The SMILES string of the molecule is C#CCn1c(=NC(=O)c2ccc(S(=O)(=O)N3CCCCCC3)cc2)sc2cccc(OC)c21. The van der Waals surface area contributed by atoms with E-state index < -0.39 is 15.9 Å². The monoisotopic (exact) mass is 483 g/mol. The Hall–Kier alpha value is -2.93. The highest BCUT2D eigenvalue weighted by Crippen LogP contribution is 2.27. The largest absolute Gasteiger partial charge is 0.495 e. The van der Waals surface area contributed by atoms with Gasteiger partial charge in [0.25, 0.3) is 5.91 Å². The Labute approximate surface area is 197 Å². The van der Waals surface area contributed by atoms with Crippen LogP contribution >= 0.6 is 11.3 Å². The van der Waals surface area contributed by atoms with Crippen molar-refractivity contribution >= 4 is 37.5 Å². The maximum absolute atomic E-state index is 13.0. The Bertz CT molecular complexity index is 1370. The van der Waals surface area contributed by atoms with E-state index in [4.69, 9.17) is 11.2 Å². The summed E-state index contributed by atoms with van der Waals surface area (Å²) in [5.74, 6) is 2.78. The van der Waals surface area contributed by atoms with Crippen LogP contribution in [0.15, 0.2) is 52.4 Å². The molecule has 3 aromatic rings. The summed E-state index contributed by atoms with van der Waals surface area (Å²) < 4.78 is 35.6. The summed E-state index contributed by atoms with van der Waals surface area (Å²) in [5.41, 5.74) is 1.09. The van der Waals surface area contributed by atoms with E-state index in [9.17, 15) is 13.2 Å². The van der Waals surface area contributed by atoms with E-state index in [-0.39, 0.29) is 11.4 Å². The van der Waals surface area contributed by atoms with Gasteiger partial charge in [-0.1, -0.05) is 36.2 Å². The second-order valence-corrected chi connectivity index (χ2v) is 10.7. The Morgan fingerprint density at radius 1 is 1.12 bits per heavy atom. The van der Waals surface area contributed by atoms with Crippen LogP contribution in [0, 0.1) is 12.3 Å². The molecule has 2 heterocycles. The van der Waals surface area contributed by atoms with Crippen LogP contribution in [0.5, 0.6) is 5.75 Å². The first-order chi connectivity index (χ1) is 16.0. The molecule has 1 aliphatic rings. The molecule has 0 spiro atoms. The number of methoxy groups -OCH3 is 1. The molecule has 0 aliphatic carbocycles. The van der Waals surface area contributed by atoms with Gasteiger partial charge in [0.1, 0.15) is 11.3 Å². The predicted octanol–water partition coefficient (Wildman–Crippen LogP) is 3.65. The number of rotatable bonds is 5. The van der Waals surface area contributed by atoms with Gasteiger partial charge < -0.3 is 9.30 Å². The van der Waals surface area contributed by atoms with Gasteiger partial charge in [0.15, 0.2) is 4.80 Å². The van der Waals surface area contributed by atoms with Crippen molar-refractivity contribution < 1.29 is 17.9 Å². The predicted molar refractivity (Wildman–Crippen MR) is 129 cm³/mol. The minimum atomic E-state index is -3.57. The summed E-state index contributed by atoms with van der Waals surface area (Å²) >= 11 is 1.34. The van der Waals surface area contributed by atoms with Gasteiger partial charge in [-0.2, -0.15) is 9.30 Å². The fourth-order valence-corrected chi connectivity index (χ4v) is 6.50. The number of carbonyl (C=O) groups excluding carboxylic acids is 1. The number of ether oxygens (including phenoxy) is 1. The number of carbonyl (C=O) groups is 1. The van der Waals surface area contributed by atoms with Gasteiger partial charge in [0, 0.05) is 18.7 Å². The number of benzene rings is 2. The van der Waals surface area contributed by atoms with Gasteiger partial charge in [0.05, 0.1) is 23.2 Å². The molecule has 0 N–H and O–H groups in total. The lowest BCUT2D eigenvalue weighted by atomic mass is 10.2.